The second kappa shape index (κ2) is 8.03. The summed E-state index contributed by atoms with van der Waals surface area (Å²) in [5.74, 6) is 0.862. The fourth-order valence-corrected chi connectivity index (χ4v) is 3.98. The predicted molar refractivity (Wildman–Crippen MR) is 111 cm³/mol. The van der Waals surface area contributed by atoms with E-state index in [2.05, 4.69) is 51.4 Å². The molecule has 0 atom stereocenters. The van der Waals surface area contributed by atoms with E-state index in [1.165, 1.54) is 17.3 Å². The molecule has 0 unspecified atom stereocenters. The number of nitrogens with zero attached hydrogens (tertiary/aromatic N) is 3. The first-order chi connectivity index (χ1) is 14.0. The SMILES string of the molecule is Cc1cccc(-c2cn[nH]c2C2CCN(C(=O)Cc3cnc(C)[nH]c3=O)CC2)c1. The molecule has 1 aliphatic heterocycles. The van der Waals surface area contributed by atoms with E-state index in [0.29, 0.717) is 30.4 Å². The molecule has 150 valence electrons. The summed E-state index contributed by atoms with van der Waals surface area (Å²) in [5, 5.41) is 7.46. The van der Waals surface area contributed by atoms with Crippen LogP contribution in [0.4, 0.5) is 0 Å². The largest absolute Gasteiger partial charge is 0.342 e. The molecule has 1 aromatic carbocycles. The molecule has 0 spiro atoms. The van der Waals surface area contributed by atoms with Gasteiger partial charge in [0.2, 0.25) is 5.91 Å². The van der Waals surface area contributed by atoms with Gasteiger partial charge in [0.25, 0.3) is 5.56 Å². The van der Waals surface area contributed by atoms with Crippen LogP contribution in [0.1, 0.15) is 41.4 Å². The zero-order valence-corrected chi connectivity index (χ0v) is 16.7. The molecule has 3 heterocycles. The minimum absolute atomic E-state index is 0.0249. The third kappa shape index (κ3) is 4.13. The van der Waals surface area contributed by atoms with E-state index < -0.39 is 0 Å². The van der Waals surface area contributed by atoms with Crippen molar-refractivity contribution in [3.05, 3.63) is 69.7 Å². The van der Waals surface area contributed by atoms with Crippen molar-refractivity contribution in [1.29, 1.82) is 0 Å². The van der Waals surface area contributed by atoms with Gasteiger partial charge in [-0.25, -0.2) is 4.98 Å². The van der Waals surface area contributed by atoms with Gasteiger partial charge in [0.15, 0.2) is 0 Å². The van der Waals surface area contributed by atoms with Crippen molar-refractivity contribution in [1.82, 2.24) is 25.1 Å². The molecular formula is C22H25N5O2. The lowest BCUT2D eigenvalue weighted by Gasteiger charge is -2.32. The average Bonchev–Trinajstić information content (AvgIpc) is 3.20. The molecule has 1 amide bonds. The second-order valence-electron chi connectivity index (χ2n) is 7.72. The van der Waals surface area contributed by atoms with Crippen molar-refractivity contribution in [2.45, 2.75) is 39.0 Å². The third-order valence-corrected chi connectivity index (χ3v) is 5.60. The van der Waals surface area contributed by atoms with E-state index in [1.54, 1.807) is 6.92 Å². The van der Waals surface area contributed by atoms with Crippen molar-refractivity contribution in [2.24, 2.45) is 0 Å². The fraction of sp³-hybridized carbons (Fsp3) is 0.364. The van der Waals surface area contributed by atoms with Crippen molar-refractivity contribution in [2.75, 3.05) is 13.1 Å². The Kier molecular flexibility index (Phi) is 5.29. The van der Waals surface area contributed by atoms with Gasteiger partial charge in [-0.1, -0.05) is 29.8 Å². The summed E-state index contributed by atoms with van der Waals surface area (Å²) in [7, 11) is 0. The minimum atomic E-state index is -0.235. The third-order valence-electron chi connectivity index (χ3n) is 5.60. The number of H-pyrrole nitrogens is 2. The van der Waals surface area contributed by atoms with Gasteiger partial charge < -0.3 is 9.88 Å². The molecule has 1 saturated heterocycles. The van der Waals surface area contributed by atoms with Crippen LogP contribution in [0.2, 0.25) is 0 Å². The van der Waals surface area contributed by atoms with Gasteiger partial charge in [-0.05, 0) is 32.3 Å². The highest BCUT2D eigenvalue weighted by molar-refractivity contribution is 5.78. The van der Waals surface area contributed by atoms with Crippen molar-refractivity contribution >= 4 is 5.91 Å². The zero-order valence-electron chi connectivity index (χ0n) is 16.7. The number of piperidine rings is 1. The number of benzene rings is 1. The first kappa shape index (κ1) is 19.1. The lowest BCUT2D eigenvalue weighted by Crippen LogP contribution is -2.39. The number of likely N-dealkylation sites (tertiary alicyclic amines) is 1. The second-order valence-corrected chi connectivity index (χ2v) is 7.72. The molecule has 29 heavy (non-hydrogen) atoms. The standard InChI is InChI=1S/C22H25N5O2/c1-14-4-3-5-17(10-14)19-13-24-26-21(19)16-6-8-27(9-7-16)20(28)11-18-12-23-15(2)25-22(18)29/h3-5,10,12-13,16H,6-9,11H2,1-2H3,(H,24,26)(H,23,25,29). The van der Waals surface area contributed by atoms with Crippen LogP contribution in [0.5, 0.6) is 0 Å². The molecule has 0 saturated carbocycles. The Morgan fingerprint density at radius 1 is 1.21 bits per heavy atom. The number of aryl methyl sites for hydroxylation is 2. The number of carbonyl (C=O) groups is 1. The van der Waals surface area contributed by atoms with E-state index >= 15 is 0 Å². The van der Waals surface area contributed by atoms with E-state index in [9.17, 15) is 9.59 Å². The summed E-state index contributed by atoms with van der Waals surface area (Å²) in [4.78, 5) is 33.2. The van der Waals surface area contributed by atoms with Crippen molar-refractivity contribution in [3.63, 3.8) is 0 Å². The highest BCUT2D eigenvalue weighted by Crippen LogP contribution is 2.34. The summed E-state index contributed by atoms with van der Waals surface area (Å²) in [6.07, 6.45) is 5.21. The molecule has 4 rings (SSSR count). The zero-order chi connectivity index (χ0) is 20.4. The Balaban J connectivity index is 1.42. The van der Waals surface area contributed by atoms with E-state index in [0.717, 1.165) is 24.1 Å². The molecular weight excluding hydrogens is 366 g/mol. The Labute approximate surface area is 169 Å². The molecule has 3 aromatic rings. The van der Waals surface area contributed by atoms with E-state index in [-0.39, 0.29) is 17.9 Å². The number of rotatable bonds is 4. The Hall–Kier alpha value is -3.22. The van der Waals surface area contributed by atoms with Gasteiger partial charge in [0, 0.05) is 42.0 Å². The van der Waals surface area contributed by atoms with Crippen LogP contribution >= 0.6 is 0 Å². The van der Waals surface area contributed by atoms with Crippen LogP contribution in [0.3, 0.4) is 0 Å². The van der Waals surface area contributed by atoms with Gasteiger partial charge in [0.1, 0.15) is 5.82 Å². The molecule has 7 nitrogen and oxygen atoms in total. The molecule has 7 heteroatoms. The highest BCUT2D eigenvalue weighted by Gasteiger charge is 2.27. The highest BCUT2D eigenvalue weighted by atomic mass is 16.2. The molecule has 1 aliphatic rings. The Morgan fingerprint density at radius 3 is 2.72 bits per heavy atom. The molecule has 2 aromatic heterocycles. The summed E-state index contributed by atoms with van der Waals surface area (Å²) in [6, 6.07) is 8.42. The van der Waals surface area contributed by atoms with Gasteiger partial charge in [-0.3, -0.25) is 14.7 Å². The monoisotopic (exact) mass is 391 g/mol. The summed E-state index contributed by atoms with van der Waals surface area (Å²) >= 11 is 0. The maximum Gasteiger partial charge on any atom is 0.254 e. The van der Waals surface area contributed by atoms with Crippen LogP contribution in [0.25, 0.3) is 11.1 Å². The smallest absolute Gasteiger partial charge is 0.254 e. The number of carbonyl (C=O) groups excluding carboxylic acids is 1. The summed E-state index contributed by atoms with van der Waals surface area (Å²) < 4.78 is 0. The fourth-order valence-electron chi connectivity index (χ4n) is 3.98. The van der Waals surface area contributed by atoms with Crippen molar-refractivity contribution in [3.8, 4) is 11.1 Å². The number of aromatic amines is 2. The molecule has 0 radical (unpaired) electrons. The quantitative estimate of drug-likeness (QED) is 0.715. The Bertz CT molecular complexity index is 1080. The van der Waals surface area contributed by atoms with Crippen LogP contribution in [0.15, 0.2) is 41.5 Å². The summed E-state index contributed by atoms with van der Waals surface area (Å²) in [6.45, 7) is 5.15. The van der Waals surface area contributed by atoms with Gasteiger partial charge in [-0.15, -0.1) is 0 Å². The number of amides is 1. The normalized spacial score (nSPS) is 14.9. The van der Waals surface area contributed by atoms with Gasteiger partial charge in [0.05, 0.1) is 12.6 Å². The van der Waals surface area contributed by atoms with E-state index in [1.807, 2.05) is 11.1 Å². The van der Waals surface area contributed by atoms with Crippen LogP contribution in [-0.4, -0.2) is 44.1 Å². The van der Waals surface area contributed by atoms with Gasteiger partial charge in [-0.2, -0.15) is 5.10 Å². The molecule has 0 bridgehead atoms. The summed E-state index contributed by atoms with van der Waals surface area (Å²) in [5.41, 5.74) is 4.84. The molecule has 2 N–H and O–H groups in total. The first-order valence-electron chi connectivity index (χ1n) is 9.94. The lowest BCUT2D eigenvalue weighted by atomic mass is 9.89. The number of aromatic nitrogens is 4. The van der Waals surface area contributed by atoms with Crippen LogP contribution in [0, 0.1) is 13.8 Å². The predicted octanol–water partition coefficient (Wildman–Crippen LogP) is 2.73. The molecule has 1 fully saturated rings. The van der Waals surface area contributed by atoms with E-state index in [4.69, 9.17) is 0 Å². The number of nitrogens with one attached hydrogen (secondary N) is 2. The molecule has 0 aliphatic carbocycles. The van der Waals surface area contributed by atoms with Crippen molar-refractivity contribution < 1.29 is 4.79 Å². The lowest BCUT2D eigenvalue weighted by molar-refractivity contribution is -0.131. The van der Waals surface area contributed by atoms with Crippen LogP contribution in [-0.2, 0) is 11.2 Å². The maximum absolute atomic E-state index is 12.6. The van der Waals surface area contributed by atoms with Gasteiger partial charge >= 0.3 is 0 Å². The van der Waals surface area contributed by atoms with Crippen LogP contribution < -0.4 is 5.56 Å². The maximum atomic E-state index is 12.6. The minimum Gasteiger partial charge on any atom is -0.342 e. The Morgan fingerprint density at radius 2 is 2.00 bits per heavy atom. The average molecular weight is 391 g/mol. The number of hydrogen-bond acceptors (Lipinski definition) is 4. The number of hydrogen-bond donors (Lipinski definition) is 2. The first-order valence-corrected chi connectivity index (χ1v) is 9.94. The topological polar surface area (TPSA) is 94.7 Å².